The highest BCUT2D eigenvalue weighted by Gasteiger charge is 1.91. The molecule has 0 radical (unpaired) electrons. The average Bonchev–Trinajstić information content (AvgIpc) is 2.21. The van der Waals surface area contributed by atoms with E-state index in [1.54, 1.807) is 0 Å². The Morgan fingerprint density at radius 1 is 1.07 bits per heavy atom. The summed E-state index contributed by atoms with van der Waals surface area (Å²) < 4.78 is 0. The summed E-state index contributed by atoms with van der Waals surface area (Å²) in [5.74, 6) is 0. The summed E-state index contributed by atoms with van der Waals surface area (Å²) in [6.07, 6.45) is 0. The zero-order valence-electron chi connectivity index (χ0n) is 8.09. The van der Waals surface area contributed by atoms with E-state index >= 15 is 0 Å². The van der Waals surface area contributed by atoms with Crippen LogP contribution in [0.25, 0.3) is 0 Å². The summed E-state index contributed by atoms with van der Waals surface area (Å²) >= 11 is 5.76. The second-order valence-electron chi connectivity index (χ2n) is 2.97. The Bertz CT molecular complexity index is 248. The Labute approximate surface area is 89.6 Å². The largest absolute Gasteiger partial charge is 0.384 e. The number of nitrogens with two attached hydrogens (primary N) is 1. The quantitative estimate of drug-likeness (QED) is 0.625. The van der Waals surface area contributed by atoms with Crippen LogP contribution < -0.4 is 16.4 Å². The van der Waals surface area contributed by atoms with E-state index in [1.165, 1.54) is 0 Å². The summed E-state index contributed by atoms with van der Waals surface area (Å²) in [5, 5.41) is 7.23. The van der Waals surface area contributed by atoms with Crippen molar-refractivity contribution in [3.8, 4) is 0 Å². The second kappa shape index (κ2) is 6.65. The fourth-order valence-corrected chi connectivity index (χ4v) is 1.22. The number of benzene rings is 1. The molecule has 0 aliphatic heterocycles. The highest BCUT2D eigenvalue weighted by atomic mass is 35.5. The molecule has 0 bridgehead atoms. The molecular weight excluding hydrogens is 198 g/mol. The number of nitrogens with one attached hydrogen (secondary N) is 2. The van der Waals surface area contributed by atoms with E-state index < -0.39 is 0 Å². The minimum atomic E-state index is 0.681. The van der Waals surface area contributed by atoms with Crippen molar-refractivity contribution in [2.24, 2.45) is 5.73 Å². The van der Waals surface area contributed by atoms with Gasteiger partial charge in [0.05, 0.1) is 0 Å². The van der Waals surface area contributed by atoms with Gasteiger partial charge in [0, 0.05) is 36.9 Å². The van der Waals surface area contributed by atoms with Crippen molar-refractivity contribution >= 4 is 17.3 Å². The van der Waals surface area contributed by atoms with Crippen LogP contribution in [0.4, 0.5) is 5.69 Å². The van der Waals surface area contributed by atoms with Gasteiger partial charge in [-0.3, -0.25) is 0 Å². The molecule has 0 aliphatic rings. The third-order valence-corrected chi connectivity index (χ3v) is 2.05. The van der Waals surface area contributed by atoms with E-state index in [9.17, 15) is 0 Å². The van der Waals surface area contributed by atoms with E-state index in [0.717, 1.165) is 30.3 Å². The molecule has 4 heteroatoms. The smallest absolute Gasteiger partial charge is 0.0407 e. The Morgan fingerprint density at radius 3 is 2.43 bits per heavy atom. The summed E-state index contributed by atoms with van der Waals surface area (Å²) in [7, 11) is 0. The van der Waals surface area contributed by atoms with Gasteiger partial charge in [-0.2, -0.15) is 0 Å². The minimum absolute atomic E-state index is 0.681. The first-order chi connectivity index (χ1) is 6.83. The lowest BCUT2D eigenvalue weighted by molar-refractivity contribution is 0.707. The fraction of sp³-hybridized carbons (Fsp3) is 0.400. The van der Waals surface area contributed by atoms with Gasteiger partial charge in [-0.15, -0.1) is 0 Å². The highest BCUT2D eigenvalue weighted by Crippen LogP contribution is 2.12. The fourth-order valence-electron chi connectivity index (χ4n) is 1.09. The lowest BCUT2D eigenvalue weighted by atomic mass is 10.3. The zero-order valence-corrected chi connectivity index (χ0v) is 8.85. The predicted octanol–water partition coefficient (Wildman–Crippen LogP) is 1.30. The Hall–Kier alpha value is -0.770. The van der Waals surface area contributed by atoms with Crippen molar-refractivity contribution in [3.05, 3.63) is 29.3 Å². The van der Waals surface area contributed by atoms with Gasteiger partial charge in [0.15, 0.2) is 0 Å². The van der Waals surface area contributed by atoms with Gasteiger partial charge >= 0.3 is 0 Å². The summed E-state index contributed by atoms with van der Waals surface area (Å²) in [6, 6.07) is 7.67. The first-order valence-electron chi connectivity index (χ1n) is 4.73. The molecule has 0 spiro atoms. The third-order valence-electron chi connectivity index (χ3n) is 1.80. The van der Waals surface area contributed by atoms with E-state index in [2.05, 4.69) is 10.6 Å². The van der Waals surface area contributed by atoms with Crippen LogP contribution in [0, 0.1) is 0 Å². The number of rotatable bonds is 6. The number of hydrogen-bond acceptors (Lipinski definition) is 3. The van der Waals surface area contributed by atoms with Crippen LogP contribution in [-0.4, -0.2) is 26.2 Å². The van der Waals surface area contributed by atoms with Crippen molar-refractivity contribution in [1.29, 1.82) is 0 Å². The standard InChI is InChI=1S/C10H16ClN3/c11-9-1-3-10(4-2-9)14-8-7-13-6-5-12/h1-4,13-14H,5-8,12H2. The molecule has 0 amide bonds. The topological polar surface area (TPSA) is 50.1 Å². The number of halogens is 1. The second-order valence-corrected chi connectivity index (χ2v) is 3.41. The van der Waals surface area contributed by atoms with Gasteiger partial charge in [-0.05, 0) is 24.3 Å². The SMILES string of the molecule is NCCNCCNc1ccc(Cl)cc1. The molecule has 14 heavy (non-hydrogen) atoms. The monoisotopic (exact) mass is 213 g/mol. The maximum Gasteiger partial charge on any atom is 0.0407 e. The van der Waals surface area contributed by atoms with Gasteiger partial charge in [0.2, 0.25) is 0 Å². The Balaban J connectivity index is 2.15. The van der Waals surface area contributed by atoms with Crippen LogP contribution in [0.5, 0.6) is 0 Å². The zero-order chi connectivity index (χ0) is 10.2. The summed E-state index contributed by atoms with van der Waals surface area (Å²) in [6.45, 7) is 3.35. The average molecular weight is 214 g/mol. The molecule has 0 unspecified atom stereocenters. The van der Waals surface area contributed by atoms with Gasteiger partial charge < -0.3 is 16.4 Å². The van der Waals surface area contributed by atoms with Crippen LogP contribution in [0.2, 0.25) is 5.02 Å². The molecule has 0 saturated heterocycles. The van der Waals surface area contributed by atoms with E-state index in [4.69, 9.17) is 17.3 Å². The van der Waals surface area contributed by atoms with Crippen LogP contribution in [0.1, 0.15) is 0 Å². The molecule has 0 fully saturated rings. The molecule has 1 aromatic rings. The molecule has 0 saturated carbocycles. The van der Waals surface area contributed by atoms with Crippen LogP contribution in [0.3, 0.4) is 0 Å². The van der Waals surface area contributed by atoms with Gasteiger partial charge in [0.1, 0.15) is 0 Å². The van der Waals surface area contributed by atoms with Crippen molar-refractivity contribution in [2.75, 3.05) is 31.5 Å². The first kappa shape index (κ1) is 11.3. The van der Waals surface area contributed by atoms with Crippen LogP contribution >= 0.6 is 11.6 Å². The highest BCUT2D eigenvalue weighted by molar-refractivity contribution is 6.30. The lowest BCUT2D eigenvalue weighted by Crippen LogP contribution is -2.27. The van der Waals surface area contributed by atoms with E-state index in [-0.39, 0.29) is 0 Å². The third kappa shape index (κ3) is 4.46. The summed E-state index contributed by atoms with van der Waals surface area (Å²) in [4.78, 5) is 0. The van der Waals surface area contributed by atoms with Crippen LogP contribution in [0.15, 0.2) is 24.3 Å². The molecule has 0 atom stereocenters. The lowest BCUT2D eigenvalue weighted by Gasteiger charge is -2.06. The van der Waals surface area contributed by atoms with Gasteiger partial charge in [0.25, 0.3) is 0 Å². The normalized spacial score (nSPS) is 10.1. The molecule has 0 aromatic heterocycles. The molecular formula is C10H16ClN3. The van der Waals surface area contributed by atoms with E-state index in [1.807, 2.05) is 24.3 Å². The molecule has 0 aliphatic carbocycles. The molecule has 1 rings (SSSR count). The van der Waals surface area contributed by atoms with Crippen molar-refractivity contribution in [3.63, 3.8) is 0 Å². The molecule has 1 aromatic carbocycles. The van der Waals surface area contributed by atoms with Gasteiger partial charge in [-0.25, -0.2) is 0 Å². The van der Waals surface area contributed by atoms with Crippen molar-refractivity contribution in [1.82, 2.24) is 5.32 Å². The predicted molar refractivity (Wildman–Crippen MR) is 61.9 cm³/mol. The van der Waals surface area contributed by atoms with Crippen molar-refractivity contribution in [2.45, 2.75) is 0 Å². The van der Waals surface area contributed by atoms with Crippen molar-refractivity contribution < 1.29 is 0 Å². The molecule has 3 nitrogen and oxygen atoms in total. The van der Waals surface area contributed by atoms with E-state index in [0.29, 0.717) is 6.54 Å². The maximum absolute atomic E-state index is 5.76. The maximum atomic E-state index is 5.76. The number of hydrogen-bond donors (Lipinski definition) is 3. The summed E-state index contributed by atoms with van der Waals surface area (Å²) in [5.41, 5.74) is 6.43. The van der Waals surface area contributed by atoms with Crippen LogP contribution in [-0.2, 0) is 0 Å². The minimum Gasteiger partial charge on any atom is -0.384 e. The molecule has 4 N–H and O–H groups in total. The molecule has 0 heterocycles. The molecule has 78 valence electrons. The van der Waals surface area contributed by atoms with Gasteiger partial charge in [-0.1, -0.05) is 11.6 Å². The Kier molecular flexibility index (Phi) is 5.37. The number of anilines is 1. The first-order valence-corrected chi connectivity index (χ1v) is 5.11. The Morgan fingerprint density at radius 2 is 1.79 bits per heavy atom.